The summed E-state index contributed by atoms with van der Waals surface area (Å²) >= 11 is 11.3. The second kappa shape index (κ2) is 7.14. The van der Waals surface area contributed by atoms with Gasteiger partial charge in [-0.25, -0.2) is 4.39 Å². The van der Waals surface area contributed by atoms with Gasteiger partial charge < -0.3 is 15.2 Å². The zero-order chi connectivity index (χ0) is 13.7. The van der Waals surface area contributed by atoms with Gasteiger partial charge in [0.05, 0.1) is 28.9 Å². The minimum atomic E-state index is -0.657. The molecule has 0 aliphatic rings. The van der Waals surface area contributed by atoms with Crippen LogP contribution in [0.1, 0.15) is 13.8 Å². The molecule has 0 fully saturated rings. The van der Waals surface area contributed by atoms with Gasteiger partial charge in [0.25, 0.3) is 0 Å². The van der Waals surface area contributed by atoms with E-state index in [1.165, 1.54) is 12.1 Å². The highest BCUT2D eigenvalue weighted by Gasteiger charge is 2.09. The van der Waals surface area contributed by atoms with Gasteiger partial charge in [-0.2, -0.15) is 0 Å². The van der Waals surface area contributed by atoms with Crippen molar-refractivity contribution in [3.63, 3.8) is 0 Å². The third-order valence-electron chi connectivity index (χ3n) is 2.15. The van der Waals surface area contributed by atoms with Gasteiger partial charge in [-0.3, -0.25) is 0 Å². The molecule has 1 aromatic rings. The minimum absolute atomic E-state index is 0.0575. The molecule has 6 heteroatoms. The van der Waals surface area contributed by atoms with E-state index in [4.69, 9.17) is 27.9 Å². The molecule has 0 amide bonds. The van der Waals surface area contributed by atoms with Crippen molar-refractivity contribution in [1.29, 1.82) is 0 Å². The number of ether oxygens (including phenoxy) is 1. The molecule has 3 nitrogen and oxygen atoms in total. The van der Waals surface area contributed by atoms with Crippen molar-refractivity contribution in [2.75, 3.05) is 18.5 Å². The maximum atomic E-state index is 13.2. The average Bonchev–Trinajstić information content (AvgIpc) is 2.30. The number of anilines is 1. The predicted molar refractivity (Wildman–Crippen MR) is 72.0 cm³/mol. The molecule has 1 unspecified atom stereocenters. The molecule has 0 saturated carbocycles. The van der Waals surface area contributed by atoms with Gasteiger partial charge in [-0.05, 0) is 26.0 Å². The summed E-state index contributed by atoms with van der Waals surface area (Å²) in [5, 5.41) is 12.4. The van der Waals surface area contributed by atoms with Crippen LogP contribution in [0.3, 0.4) is 0 Å². The number of benzene rings is 1. The van der Waals surface area contributed by atoms with E-state index in [0.717, 1.165) is 0 Å². The largest absolute Gasteiger partial charge is 0.389 e. The summed E-state index contributed by atoms with van der Waals surface area (Å²) in [5.74, 6) is -0.646. The van der Waals surface area contributed by atoms with Crippen LogP contribution in [0.5, 0.6) is 0 Å². The monoisotopic (exact) mass is 295 g/mol. The molecule has 0 aliphatic carbocycles. The zero-order valence-corrected chi connectivity index (χ0v) is 11.7. The molecule has 0 bridgehead atoms. The molecule has 0 spiro atoms. The number of nitrogens with one attached hydrogen (secondary N) is 1. The number of rotatable bonds is 6. The standard InChI is InChI=1S/C12H16Cl2FNO2/c1-7(2)18-6-9(17)5-16-8-3-10(13)12(15)11(14)4-8/h3-4,7,9,16-17H,5-6H2,1-2H3. The van der Waals surface area contributed by atoms with Gasteiger partial charge in [0.1, 0.15) is 0 Å². The Morgan fingerprint density at radius 1 is 1.33 bits per heavy atom. The van der Waals surface area contributed by atoms with E-state index in [9.17, 15) is 9.50 Å². The van der Waals surface area contributed by atoms with Gasteiger partial charge in [-0.15, -0.1) is 0 Å². The van der Waals surface area contributed by atoms with Gasteiger partial charge in [0, 0.05) is 12.2 Å². The highest BCUT2D eigenvalue weighted by molar-refractivity contribution is 6.35. The van der Waals surface area contributed by atoms with E-state index >= 15 is 0 Å². The second-order valence-corrected chi connectivity index (χ2v) is 4.99. The highest BCUT2D eigenvalue weighted by Crippen LogP contribution is 2.27. The van der Waals surface area contributed by atoms with Gasteiger partial charge in [0.2, 0.25) is 0 Å². The van der Waals surface area contributed by atoms with Gasteiger partial charge in [-0.1, -0.05) is 23.2 Å². The topological polar surface area (TPSA) is 41.5 Å². The summed E-state index contributed by atoms with van der Waals surface area (Å²) in [6, 6.07) is 2.83. The first-order chi connectivity index (χ1) is 8.40. The number of hydrogen-bond donors (Lipinski definition) is 2. The van der Waals surface area contributed by atoms with E-state index in [1.54, 1.807) is 0 Å². The van der Waals surface area contributed by atoms with Crippen LogP contribution in [-0.4, -0.2) is 30.5 Å². The summed E-state index contributed by atoms with van der Waals surface area (Å²) in [6.07, 6.45) is -0.593. The quantitative estimate of drug-likeness (QED) is 0.791. The Hall–Kier alpha value is -0.550. The molecule has 0 heterocycles. The normalized spacial score (nSPS) is 12.8. The molecular formula is C12H16Cl2FNO2. The fourth-order valence-electron chi connectivity index (χ4n) is 1.26. The maximum Gasteiger partial charge on any atom is 0.160 e. The van der Waals surface area contributed by atoms with Crippen LogP contribution >= 0.6 is 23.2 Å². The molecular weight excluding hydrogens is 280 g/mol. The summed E-state index contributed by atoms with van der Waals surface area (Å²) in [4.78, 5) is 0. The predicted octanol–water partition coefficient (Wildman–Crippen LogP) is 3.33. The van der Waals surface area contributed by atoms with Crippen molar-refractivity contribution >= 4 is 28.9 Å². The van der Waals surface area contributed by atoms with Crippen molar-refractivity contribution in [3.8, 4) is 0 Å². The van der Waals surface area contributed by atoms with Crippen LogP contribution in [0.15, 0.2) is 12.1 Å². The Labute approximate surface area is 116 Å². The molecule has 102 valence electrons. The number of halogens is 3. The third kappa shape index (κ3) is 4.98. The fraction of sp³-hybridized carbons (Fsp3) is 0.500. The molecule has 0 aromatic heterocycles. The molecule has 1 aromatic carbocycles. The van der Waals surface area contributed by atoms with E-state index in [1.807, 2.05) is 13.8 Å². The number of aliphatic hydroxyl groups is 1. The molecule has 1 rings (SSSR count). The lowest BCUT2D eigenvalue weighted by molar-refractivity contribution is 0.0112. The first-order valence-electron chi connectivity index (χ1n) is 5.58. The van der Waals surface area contributed by atoms with Crippen molar-refractivity contribution in [3.05, 3.63) is 28.0 Å². The molecule has 2 N–H and O–H groups in total. The Balaban J connectivity index is 2.48. The summed E-state index contributed by atoms with van der Waals surface area (Å²) in [6.45, 7) is 4.28. The van der Waals surface area contributed by atoms with Crippen molar-refractivity contribution in [2.24, 2.45) is 0 Å². The highest BCUT2D eigenvalue weighted by atomic mass is 35.5. The van der Waals surface area contributed by atoms with E-state index in [2.05, 4.69) is 5.32 Å². The molecule has 1 atom stereocenters. The van der Waals surface area contributed by atoms with Crippen molar-refractivity contribution in [2.45, 2.75) is 26.1 Å². The lowest BCUT2D eigenvalue weighted by atomic mass is 10.3. The molecule has 0 aliphatic heterocycles. The van der Waals surface area contributed by atoms with Crippen LogP contribution in [0, 0.1) is 5.82 Å². The first kappa shape index (κ1) is 15.5. The lowest BCUT2D eigenvalue weighted by Crippen LogP contribution is -2.26. The zero-order valence-electron chi connectivity index (χ0n) is 10.2. The first-order valence-corrected chi connectivity index (χ1v) is 6.33. The molecule has 18 heavy (non-hydrogen) atoms. The molecule has 0 radical (unpaired) electrons. The van der Waals surface area contributed by atoms with Gasteiger partial charge in [0.15, 0.2) is 5.82 Å². The van der Waals surface area contributed by atoms with Crippen molar-refractivity contribution < 1.29 is 14.2 Å². The SMILES string of the molecule is CC(C)OCC(O)CNc1cc(Cl)c(F)c(Cl)c1. The lowest BCUT2D eigenvalue weighted by Gasteiger charge is -2.15. The van der Waals surface area contributed by atoms with Gasteiger partial charge >= 0.3 is 0 Å². The number of hydrogen-bond acceptors (Lipinski definition) is 3. The Bertz CT molecular complexity index is 379. The Morgan fingerprint density at radius 3 is 2.39 bits per heavy atom. The average molecular weight is 296 g/mol. The smallest absolute Gasteiger partial charge is 0.160 e. The Morgan fingerprint density at radius 2 is 1.89 bits per heavy atom. The maximum absolute atomic E-state index is 13.2. The van der Waals surface area contributed by atoms with E-state index in [-0.39, 0.29) is 29.3 Å². The fourth-order valence-corrected chi connectivity index (χ4v) is 1.74. The van der Waals surface area contributed by atoms with Crippen LogP contribution in [0.4, 0.5) is 10.1 Å². The van der Waals surface area contributed by atoms with Crippen molar-refractivity contribution in [1.82, 2.24) is 0 Å². The summed E-state index contributed by atoms with van der Waals surface area (Å²) in [5.41, 5.74) is 0.551. The van der Waals surface area contributed by atoms with Crippen LogP contribution in [0.2, 0.25) is 10.0 Å². The summed E-state index contributed by atoms with van der Waals surface area (Å²) < 4.78 is 18.4. The summed E-state index contributed by atoms with van der Waals surface area (Å²) in [7, 11) is 0. The van der Waals surface area contributed by atoms with Crippen LogP contribution in [0.25, 0.3) is 0 Å². The van der Waals surface area contributed by atoms with Crippen LogP contribution < -0.4 is 5.32 Å². The third-order valence-corrected chi connectivity index (χ3v) is 2.70. The number of aliphatic hydroxyl groups excluding tert-OH is 1. The second-order valence-electron chi connectivity index (χ2n) is 4.17. The molecule has 0 saturated heterocycles. The van der Waals surface area contributed by atoms with Crippen LogP contribution in [-0.2, 0) is 4.74 Å². The van der Waals surface area contributed by atoms with E-state index in [0.29, 0.717) is 5.69 Å². The van der Waals surface area contributed by atoms with E-state index < -0.39 is 11.9 Å². The Kier molecular flexibility index (Phi) is 6.15. The minimum Gasteiger partial charge on any atom is -0.389 e.